The first-order valence-electron chi connectivity index (χ1n) is 6.05. The molecule has 0 radical (unpaired) electrons. The molecule has 0 aromatic carbocycles. The third-order valence-corrected chi connectivity index (χ3v) is 7.14. The van der Waals surface area contributed by atoms with Gasteiger partial charge in [0, 0.05) is 13.1 Å². The average molecular weight is 353 g/mol. The summed E-state index contributed by atoms with van der Waals surface area (Å²) in [7, 11) is -6.75. The number of sulfone groups is 1. The average Bonchev–Trinajstić information content (AvgIpc) is 2.94. The number of nitrogens with zero attached hydrogens (tertiary/aromatic N) is 1. The van der Waals surface area contributed by atoms with Gasteiger partial charge in [0.15, 0.2) is 9.84 Å². The lowest BCUT2D eigenvalue weighted by molar-refractivity contribution is -0.122. The number of hydrazine groups is 1. The molecule has 11 heteroatoms. The van der Waals surface area contributed by atoms with E-state index in [2.05, 4.69) is 5.43 Å². The highest BCUT2D eigenvalue weighted by Gasteiger charge is 2.23. The van der Waals surface area contributed by atoms with E-state index in [9.17, 15) is 21.6 Å². The van der Waals surface area contributed by atoms with E-state index in [1.54, 1.807) is 16.3 Å². The van der Waals surface area contributed by atoms with Crippen molar-refractivity contribution < 1.29 is 21.6 Å². The van der Waals surface area contributed by atoms with E-state index in [-0.39, 0.29) is 35.3 Å². The number of hydrogen-bond acceptors (Lipinski definition) is 7. The normalized spacial score (nSPS) is 19.2. The maximum Gasteiger partial charge on any atom is 0.266 e. The second-order valence-electron chi connectivity index (χ2n) is 4.51. The summed E-state index contributed by atoms with van der Waals surface area (Å²) in [5.41, 5.74) is 2.12. The second-order valence-corrected chi connectivity index (χ2v) is 9.67. The van der Waals surface area contributed by atoms with Crippen molar-refractivity contribution in [2.24, 2.45) is 0 Å². The smallest absolute Gasteiger partial charge is 0.266 e. The topological polar surface area (TPSA) is 113 Å². The lowest BCUT2D eigenvalue weighted by atomic mass is 10.4. The SMILES string of the molecule is O=C(CN1CCS(=O)(=O)CC1)NNS(=O)(=O)c1cccs1. The van der Waals surface area contributed by atoms with Crippen LogP contribution in [0.3, 0.4) is 0 Å². The lowest BCUT2D eigenvalue weighted by Crippen LogP contribution is -2.49. The van der Waals surface area contributed by atoms with E-state index < -0.39 is 25.8 Å². The van der Waals surface area contributed by atoms with Crippen LogP contribution in [-0.2, 0) is 24.7 Å². The van der Waals surface area contributed by atoms with Crippen molar-refractivity contribution in [2.75, 3.05) is 31.1 Å². The first-order chi connectivity index (χ1) is 9.78. The molecule has 1 aromatic heterocycles. The van der Waals surface area contributed by atoms with Gasteiger partial charge in [-0.05, 0) is 11.4 Å². The van der Waals surface area contributed by atoms with Crippen LogP contribution in [0.5, 0.6) is 0 Å². The van der Waals surface area contributed by atoms with Gasteiger partial charge in [0.05, 0.1) is 18.1 Å². The molecule has 1 aromatic rings. The highest BCUT2D eigenvalue weighted by molar-refractivity contribution is 7.91. The third kappa shape index (κ3) is 4.74. The van der Waals surface area contributed by atoms with E-state index in [0.29, 0.717) is 0 Å². The molecule has 2 rings (SSSR count). The van der Waals surface area contributed by atoms with Crippen LogP contribution in [0.2, 0.25) is 0 Å². The fraction of sp³-hybridized carbons (Fsp3) is 0.500. The van der Waals surface area contributed by atoms with Crippen molar-refractivity contribution in [3.05, 3.63) is 17.5 Å². The molecule has 0 atom stereocenters. The van der Waals surface area contributed by atoms with Gasteiger partial charge in [0.1, 0.15) is 4.21 Å². The van der Waals surface area contributed by atoms with Crippen LogP contribution in [0.1, 0.15) is 0 Å². The van der Waals surface area contributed by atoms with Crippen LogP contribution in [0.25, 0.3) is 0 Å². The van der Waals surface area contributed by atoms with Gasteiger partial charge in [-0.15, -0.1) is 16.2 Å². The number of amides is 1. The Morgan fingerprint density at radius 2 is 2.00 bits per heavy atom. The molecule has 1 aliphatic rings. The quantitative estimate of drug-likeness (QED) is 0.642. The summed E-state index contributed by atoms with van der Waals surface area (Å²) in [6.45, 7) is 0.489. The fourth-order valence-electron chi connectivity index (χ4n) is 1.74. The predicted octanol–water partition coefficient (Wildman–Crippen LogP) is -1.21. The van der Waals surface area contributed by atoms with Gasteiger partial charge in [-0.25, -0.2) is 16.8 Å². The highest BCUT2D eigenvalue weighted by Crippen LogP contribution is 2.14. The maximum absolute atomic E-state index is 11.8. The van der Waals surface area contributed by atoms with Crippen LogP contribution >= 0.6 is 11.3 Å². The Balaban J connectivity index is 1.81. The van der Waals surface area contributed by atoms with Gasteiger partial charge in [-0.1, -0.05) is 6.07 Å². The summed E-state index contributed by atoms with van der Waals surface area (Å²) in [4.78, 5) is 15.3. The van der Waals surface area contributed by atoms with Gasteiger partial charge >= 0.3 is 0 Å². The van der Waals surface area contributed by atoms with E-state index in [1.165, 1.54) is 6.07 Å². The molecule has 2 N–H and O–H groups in total. The minimum absolute atomic E-state index is 0.0151. The summed E-state index contributed by atoms with van der Waals surface area (Å²) in [5, 5.41) is 1.62. The van der Waals surface area contributed by atoms with Crippen molar-refractivity contribution >= 4 is 37.1 Å². The van der Waals surface area contributed by atoms with Crippen molar-refractivity contribution in [3.8, 4) is 0 Å². The molecule has 8 nitrogen and oxygen atoms in total. The van der Waals surface area contributed by atoms with Gasteiger partial charge in [0.25, 0.3) is 10.0 Å². The molecular weight excluding hydrogens is 338 g/mol. The van der Waals surface area contributed by atoms with E-state index in [0.717, 1.165) is 11.3 Å². The molecule has 0 spiro atoms. The van der Waals surface area contributed by atoms with E-state index in [1.807, 2.05) is 4.83 Å². The zero-order chi connectivity index (χ0) is 15.5. The number of thiophene rings is 1. The lowest BCUT2D eigenvalue weighted by Gasteiger charge is -2.25. The van der Waals surface area contributed by atoms with E-state index >= 15 is 0 Å². The molecule has 118 valence electrons. The second kappa shape index (κ2) is 6.40. The van der Waals surface area contributed by atoms with Crippen LogP contribution in [-0.4, -0.2) is 58.8 Å². The predicted molar refractivity (Wildman–Crippen MR) is 77.9 cm³/mol. The highest BCUT2D eigenvalue weighted by atomic mass is 32.2. The molecule has 1 aliphatic heterocycles. The molecule has 0 saturated carbocycles. The fourth-order valence-corrected chi connectivity index (χ4v) is 4.87. The van der Waals surface area contributed by atoms with Crippen molar-refractivity contribution in [3.63, 3.8) is 0 Å². The first-order valence-corrected chi connectivity index (χ1v) is 10.2. The molecule has 1 amide bonds. The molecule has 1 saturated heterocycles. The molecule has 0 unspecified atom stereocenters. The maximum atomic E-state index is 11.8. The number of nitrogens with one attached hydrogen (secondary N) is 2. The van der Waals surface area contributed by atoms with Gasteiger partial charge < -0.3 is 0 Å². The summed E-state index contributed by atoms with van der Waals surface area (Å²) < 4.78 is 46.1. The minimum atomic E-state index is -3.75. The summed E-state index contributed by atoms with van der Waals surface area (Å²) in [6.07, 6.45) is 0. The van der Waals surface area contributed by atoms with Gasteiger partial charge in [-0.3, -0.25) is 15.1 Å². The molecular formula is C10H15N3O5S3. The van der Waals surface area contributed by atoms with Crippen LogP contribution in [0.4, 0.5) is 0 Å². The Morgan fingerprint density at radius 1 is 1.33 bits per heavy atom. The Hall–Kier alpha value is -1.01. The number of hydrogen-bond donors (Lipinski definition) is 2. The first kappa shape index (κ1) is 16.4. The van der Waals surface area contributed by atoms with Gasteiger partial charge in [-0.2, -0.15) is 0 Å². The zero-order valence-corrected chi connectivity index (χ0v) is 13.4. The van der Waals surface area contributed by atoms with Crippen molar-refractivity contribution in [1.82, 2.24) is 15.2 Å². The Morgan fingerprint density at radius 3 is 2.57 bits per heavy atom. The molecule has 1 fully saturated rings. The van der Waals surface area contributed by atoms with Crippen LogP contribution < -0.4 is 10.3 Å². The largest absolute Gasteiger partial charge is 0.292 e. The Kier molecular flexibility index (Phi) is 4.99. The van der Waals surface area contributed by atoms with Crippen molar-refractivity contribution in [1.29, 1.82) is 0 Å². The molecule has 21 heavy (non-hydrogen) atoms. The van der Waals surface area contributed by atoms with Gasteiger partial charge in [0.2, 0.25) is 5.91 Å². The Bertz CT molecular complexity index is 682. The number of carbonyl (C=O) groups is 1. The standard InChI is InChI=1S/C10H15N3O5S3/c14-9(8-13-3-6-20(15,16)7-4-13)11-12-21(17,18)10-2-1-5-19-10/h1-2,5,12H,3-4,6-8H2,(H,11,14). The number of sulfonamides is 1. The minimum Gasteiger partial charge on any atom is -0.292 e. The summed E-state index contributed by atoms with van der Waals surface area (Å²) in [5.74, 6) is -0.503. The zero-order valence-electron chi connectivity index (χ0n) is 11.0. The van der Waals surface area contributed by atoms with E-state index in [4.69, 9.17) is 0 Å². The Labute approximate surface area is 127 Å². The van der Waals surface area contributed by atoms with Crippen LogP contribution in [0.15, 0.2) is 21.7 Å². The third-order valence-electron chi connectivity index (χ3n) is 2.89. The molecule has 0 aliphatic carbocycles. The monoisotopic (exact) mass is 353 g/mol. The number of carbonyl (C=O) groups excluding carboxylic acids is 1. The number of rotatable bonds is 5. The molecule has 2 heterocycles. The van der Waals surface area contributed by atoms with Crippen LogP contribution in [0, 0.1) is 0 Å². The molecule has 0 bridgehead atoms. The summed E-state index contributed by atoms with van der Waals surface area (Å²) in [6, 6.07) is 3.02. The van der Waals surface area contributed by atoms with Crippen molar-refractivity contribution in [2.45, 2.75) is 4.21 Å². The summed E-state index contributed by atoms with van der Waals surface area (Å²) >= 11 is 1.04.